The van der Waals surface area contributed by atoms with Crippen molar-refractivity contribution in [3.8, 4) is 0 Å². The summed E-state index contributed by atoms with van der Waals surface area (Å²) < 4.78 is 0. The van der Waals surface area contributed by atoms with Crippen LogP contribution >= 0.6 is 0 Å². The van der Waals surface area contributed by atoms with Crippen LogP contribution in [0.2, 0.25) is 0 Å². The van der Waals surface area contributed by atoms with Crippen LogP contribution in [0.15, 0.2) is 36.5 Å². The third kappa shape index (κ3) is 1.59. The molecule has 0 unspecified atom stereocenters. The van der Waals surface area contributed by atoms with E-state index in [1.165, 1.54) is 12.1 Å². The molecule has 0 amide bonds. The standard InChI is InChI=1S/C10H10N2O2/c13-12(14)10-5-3-9(4-6-10)11-7-1-2-8-11/h1,3-7H,2,8H2. The van der Waals surface area contributed by atoms with Crippen LogP contribution < -0.4 is 4.90 Å². The fraction of sp³-hybridized carbons (Fsp3) is 0.200. The Morgan fingerprint density at radius 2 is 2.00 bits per heavy atom. The van der Waals surface area contributed by atoms with Gasteiger partial charge in [0.1, 0.15) is 0 Å². The second kappa shape index (κ2) is 3.49. The lowest BCUT2D eigenvalue weighted by molar-refractivity contribution is -0.384. The van der Waals surface area contributed by atoms with Gasteiger partial charge in [-0.3, -0.25) is 10.1 Å². The first-order chi connectivity index (χ1) is 6.77. The molecule has 0 atom stereocenters. The summed E-state index contributed by atoms with van der Waals surface area (Å²) in [6, 6.07) is 6.60. The topological polar surface area (TPSA) is 46.4 Å². The lowest BCUT2D eigenvalue weighted by atomic mass is 10.2. The van der Waals surface area contributed by atoms with Crippen LogP contribution in [-0.2, 0) is 0 Å². The molecule has 0 fully saturated rings. The molecule has 2 rings (SSSR count). The van der Waals surface area contributed by atoms with Crippen LogP contribution in [0.3, 0.4) is 0 Å². The number of hydrogen-bond acceptors (Lipinski definition) is 3. The van der Waals surface area contributed by atoms with Crippen LogP contribution in [0.5, 0.6) is 0 Å². The van der Waals surface area contributed by atoms with E-state index in [0.717, 1.165) is 18.7 Å². The van der Waals surface area contributed by atoms with Crippen LogP contribution in [0.25, 0.3) is 0 Å². The largest absolute Gasteiger partial charge is 0.348 e. The van der Waals surface area contributed by atoms with Crippen LogP contribution in [-0.4, -0.2) is 11.5 Å². The third-order valence-corrected chi connectivity index (χ3v) is 2.21. The van der Waals surface area contributed by atoms with Gasteiger partial charge >= 0.3 is 0 Å². The Morgan fingerprint density at radius 1 is 1.29 bits per heavy atom. The maximum absolute atomic E-state index is 10.4. The average Bonchev–Trinajstić information content (AvgIpc) is 2.71. The number of non-ortho nitro benzene ring substituents is 1. The summed E-state index contributed by atoms with van der Waals surface area (Å²) in [6.45, 7) is 0.956. The minimum atomic E-state index is -0.385. The predicted octanol–water partition coefficient (Wildman–Crippen LogP) is 2.32. The molecule has 0 bridgehead atoms. The Balaban J connectivity index is 2.21. The van der Waals surface area contributed by atoms with Gasteiger partial charge in [-0.2, -0.15) is 0 Å². The number of hydrogen-bond donors (Lipinski definition) is 0. The van der Waals surface area contributed by atoms with Crippen molar-refractivity contribution in [3.05, 3.63) is 46.7 Å². The molecule has 72 valence electrons. The van der Waals surface area contributed by atoms with E-state index in [1.54, 1.807) is 12.1 Å². The highest BCUT2D eigenvalue weighted by atomic mass is 16.6. The van der Waals surface area contributed by atoms with E-state index in [4.69, 9.17) is 0 Å². The molecule has 1 aromatic carbocycles. The summed E-state index contributed by atoms with van der Waals surface area (Å²) in [5, 5.41) is 10.4. The van der Waals surface area contributed by atoms with Gasteiger partial charge in [-0.05, 0) is 18.6 Å². The Morgan fingerprint density at radius 3 is 2.50 bits per heavy atom. The normalized spacial score (nSPS) is 14.7. The van der Waals surface area contributed by atoms with Gasteiger partial charge in [-0.25, -0.2) is 0 Å². The van der Waals surface area contributed by atoms with Gasteiger partial charge in [-0.15, -0.1) is 0 Å². The van der Waals surface area contributed by atoms with E-state index in [-0.39, 0.29) is 10.6 Å². The Hall–Kier alpha value is -1.84. The molecule has 0 N–H and O–H groups in total. The molecule has 1 heterocycles. The number of rotatable bonds is 2. The molecule has 4 heteroatoms. The van der Waals surface area contributed by atoms with Crippen molar-refractivity contribution >= 4 is 11.4 Å². The maximum Gasteiger partial charge on any atom is 0.269 e. The molecule has 1 aliphatic rings. The minimum Gasteiger partial charge on any atom is -0.348 e. The zero-order valence-electron chi connectivity index (χ0n) is 7.59. The van der Waals surface area contributed by atoms with Crippen molar-refractivity contribution in [2.75, 3.05) is 11.4 Å². The van der Waals surface area contributed by atoms with Crippen molar-refractivity contribution < 1.29 is 4.92 Å². The summed E-state index contributed by atoms with van der Waals surface area (Å²) in [4.78, 5) is 12.1. The Bertz CT molecular complexity index is 370. The SMILES string of the molecule is O=[N+]([O-])c1ccc(N2C=CCC2)cc1. The summed E-state index contributed by atoms with van der Waals surface area (Å²) >= 11 is 0. The number of nitro groups is 1. The predicted molar refractivity (Wildman–Crippen MR) is 54.2 cm³/mol. The molecule has 4 nitrogen and oxygen atoms in total. The first-order valence-corrected chi connectivity index (χ1v) is 4.45. The number of nitrogens with zero attached hydrogens (tertiary/aromatic N) is 2. The second-order valence-corrected chi connectivity index (χ2v) is 3.14. The molecule has 1 aliphatic heterocycles. The zero-order valence-corrected chi connectivity index (χ0v) is 7.59. The molecule has 0 radical (unpaired) electrons. The fourth-order valence-corrected chi connectivity index (χ4v) is 1.47. The van der Waals surface area contributed by atoms with Gasteiger partial charge < -0.3 is 4.90 Å². The molecule has 1 aromatic rings. The van der Waals surface area contributed by atoms with Gasteiger partial charge in [0.25, 0.3) is 5.69 Å². The van der Waals surface area contributed by atoms with Crippen molar-refractivity contribution in [2.24, 2.45) is 0 Å². The van der Waals surface area contributed by atoms with Crippen LogP contribution in [0, 0.1) is 10.1 Å². The fourth-order valence-electron chi connectivity index (χ4n) is 1.47. The monoisotopic (exact) mass is 190 g/mol. The van der Waals surface area contributed by atoms with Crippen molar-refractivity contribution in [3.63, 3.8) is 0 Å². The number of anilines is 1. The lowest BCUT2D eigenvalue weighted by Gasteiger charge is -2.14. The average molecular weight is 190 g/mol. The van der Waals surface area contributed by atoms with Crippen molar-refractivity contribution in [2.45, 2.75) is 6.42 Å². The first kappa shape index (κ1) is 8.74. The van der Waals surface area contributed by atoms with E-state index in [1.807, 2.05) is 6.20 Å². The summed E-state index contributed by atoms with van der Waals surface area (Å²) in [5.41, 5.74) is 1.14. The number of benzene rings is 1. The smallest absolute Gasteiger partial charge is 0.269 e. The lowest BCUT2D eigenvalue weighted by Crippen LogP contribution is -2.11. The maximum atomic E-state index is 10.4. The van der Waals surface area contributed by atoms with Crippen molar-refractivity contribution in [1.82, 2.24) is 0 Å². The van der Waals surface area contributed by atoms with Crippen molar-refractivity contribution in [1.29, 1.82) is 0 Å². The molecule has 0 saturated heterocycles. The Labute approximate surface area is 81.6 Å². The Kier molecular flexibility index (Phi) is 2.18. The molecule has 0 spiro atoms. The van der Waals surface area contributed by atoms with Gasteiger partial charge in [0, 0.05) is 30.6 Å². The minimum absolute atomic E-state index is 0.136. The summed E-state index contributed by atoms with van der Waals surface area (Å²) in [7, 11) is 0. The van der Waals surface area contributed by atoms with Gasteiger partial charge in [0.15, 0.2) is 0 Å². The van der Waals surface area contributed by atoms with E-state index in [2.05, 4.69) is 11.0 Å². The second-order valence-electron chi connectivity index (χ2n) is 3.14. The van der Waals surface area contributed by atoms with E-state index in [9.17, 15) is 10.1 Å². The van der Waals surface area contributed by atoms with Crippen LogP contribution in [0.4, 0.5) is 11.4 Å². The molecular weight excluding hydrogens is 180 g/mol. The molecule has 0 aromatic heterocycles. The first-order valence-electron chi connectivity index (χ1n) is 4.45. The molecule has 14 heavy (non-hydrogen) atoms. The summed E-state index contributed by atoms with van der Waals surface area (Å²) in [5.74, 6) is 0. The van der Waals surface area contributed by atoms with Crippen LogP contribution in [0.1, 0.15) is 6.42 Å². The molecule has 0 aliphatic carbocycles. The summed E-state index contributed by atoms with van der Waals surface area (Å²) in [6.07, 6.45) is 5.12. The molecular formula is C10H10N2O2. The van der Waals surface area contributed by atoms with E-state index < -0.39 is 0 Å². The van der Waals surface area contributed by atoms with Gasteiger partial charge in [0.05, 0.1) is 4.92 Å². The quantitative estimate of drug-likeness (QED) is 0.531. The van der Waals surface area contributed by atoms with E-state index in [0.29, 0.717) is 0 Å². The van der Waals surface area contributed by atoms with Gasteiger partial charge in [0.2, 0.25) is 0 Å². The highest BCUT2D eigenvalue weighted by Gasteiger charge is 2.09. The zero-order chi connectivity index (χ0) is 9.97. The highest BCUT2D eigenvalue weighted by Crippen LogP contribution is 2.21. The molecule has 0 saturated carbocycles. The third-order valence-electron chi connectivity index (χ3n) is 2.21. The highest BCUT2D eigenvalue weighted by molar-refractivity contribution is 5.53. The van der Waals surface area contributed by atoms with Gasteiger partial charge in [-0.1, -0.05) is 6.08 Å². The number of nitro benzene ring substituents is 1. The van der Waals surface area contributed by atoms with E-state index >= 15 is 0 Å².